The summed E-state index contributed by atoms with van der Waals surface area (Å²) < 4.78 is 0. The van der Waals surface area contributed by atoms with Crippen LogP contribution in [-0.2, 0) is 0 Å². The molecule has 0 aromatic heterocycles. The first-order chi connectivity index (χ1) is 4.29. The Morgan fingerprint density at radius 3 is 2.22 bits per heavy atom. The Balaban J connectivity index is 0.000000291. The van der Waals surface area contributed by atoms with E-state index in [4.69, 9.17) is 0 Å². The number of nitrogens with one attached hydrogen (secondary N) is 1. The van der Waals surface area contributed by atoms with E-state index in [0.29, 0.717) is 6.04 Å². The second-order valence-electron chi connectivity index (χ2n) is 2.19. The van der Waals surface area contributed by atoms with Crippen LogP contribution >= 0.6 is 0 Å². The fraction of sp³-hybridized carbons (Fsp3) is 0.750. The largest absolute Gasteiger partial charge is 0.386 e. The van der Waals surface area contributed by atoms with Gasteiger partial charge in [-0.1, -0.05) is 20.4 Å². The summed E-state index contributed by atoms with van der Waals surface area (Å²) in [4.78, 5) is 0. The van der Waals surface area contributed by atoms with Crippen LogP contribution in [0.2, 0.25) is 0 Å². The van der Waals surface area contributed by atoms with Crippen LogP contribution in [0.3, 0.4) is 0 Å². The normalized spacial score (nSPS) is 24.3. The van der Waals surface area contributed by atoms with Gasteiger partial charge in [0.2, 0.25) is 0 Å². The van der Waals surface area contributed by atoms with Crippen molar-refractivity contribution in [2.45, 2.75) is 39.7 Å². The van der Waals surface area contributed by atoms with E-state index < -0.39 is 0 Å². The monoisotopic (exact) mass is 127 g/mol. The lowest BCUT2D eigenvalue weighted by molar-refractivity contribution is 0.681. The molecule has 1 heterocycles. The summed E-state index contributed by atoms with van der Waals surface area (Å²) in [7, 11) is 0. The molecule has 54 valence electrons. The Hall–Kier alpha value is -0.460. The molecular formula is C8H17N. The highest BCUT2D eigenvalue weighted by atomic mass is 14.9. The van der Waals surface area contributed by atoms with E-state index in [1.165, 1.54) is 18.5 Å². The smallest absolute Gasteiger partial charge is 0.0233 e. The van der Waals surface area contributed by atoms with E-state index in [1.807, 2.05) is 13.8 Å². The Bertz CT molecular complexity index is 86.6. The zero-order valence-corrected chi connectivity index (χ0v) is 6.70. The molecule has 1 aliphatic heterocycles. The van der Waals surface area contributed by atoms with Gasteiger partial charge in [-0.25, -0.2) is 0 Å². The second kappa shape index (κ2) is 4.42. The van der Waals surface area contributed by atoms with E-state index in [2.05, 4.69) is 18.8 Å². The van der Waals surface area contributed by atoms with Crippen molar-refractivity contribution < 1.29 is 0 Å². The van der Waals surface area contributed by atoms with Gasteiger partial charge in [-0.2, -0.15) is 0 Å². The molecule has 9 heavy (non-hydrogen) atoms. The van der Waals surface area contributed by atoms with Crippen molar-refractivity contribution in [3.05, 3.63) is 12.3 Å². The third-order valence-corrected chi connectivity index (χ3v) is 1.33. The molecule has 1 fully saturated rings. The molecule has 1 atom stereocenters. The fourth-order valence-corrected chi connectivity index (χ4v) is 0.884. The summed E-state index contributed by atoms with van der Waals surface area (Å²) in [5.74, 6) is 0. The van der Waals surface area contributed by atoms with Crippen LogP contribution in [0.25, 0.3) is 0 Å². The highest BCUT2D eigenvalue weighted by molar-refractivity contribution is 4.99. The van der Waals surface area contributed by atoms with Crippen LogP contribution in [0.1, 0.15) is 33.6 Å². The maximum Gasteiger partial charge on any atom is 0.0233 e. The van der Waals surface area contributed by atoms with Crippen LogP contribution < -0.4 is 5.32 Å². The third-order valence-electron chi connectivity index (χ3n) is 1.33. The summed E-state index contributed by atoms with van der Waals surface area (Å²) in [6.07, 6.45) is 2.43. The topological polar surface area (TPSA) is 12.0 Å². The van der Waals surface area contributed by atoms with Crippen LogP contribution in [0.4, 0.5) is 0 Å². The Morgan fingerprint density at radius 1 is 1.56 bits per heavy atom. The predicted octanol–water partition coefficient (Wildman–Crippen LogP) is 2.30. The molecule has 1 N–H and O–H groups in total. The molecule has 1 nitrogen and oxygen atoms in total. The van der Waals surface area contributed by atoms with E-state index >= 15 is 0 Å². The first-order valence-corrected chi connectivity index (χ1v) is 3.73. The van der Waals surface area contributed by atoms with Crippen molar-refractivity contribution in [3.63, 3.8) is 0 Å². The lowest BCUT2D eigenvalue weighted by Crippen LogP contribution is -2.14. The predicted molar refractivity (Wildman–Crippen MR) is 42.3 cm³/mol. The first-order valence-electron chi connectivity index (χ1n) is 3.73. The summed E-state index contributed by atoms with van der Waals surface area (Å²) in [5, 5.41) is 3.22. The highest BCUT2D eigenvalue weighted by Gasteiger charge is 2.09. The number of hydrogen-bond donors (Lipinski definition) is 1. The van der Waals surface area contributed by atoms with Gasteiger partial charge >= 0.3 is 0 Å². The van der Waals surface area contributed by atoms with Gasteiger partial charge in [0.15, 0.2) is 0 Å². The molecule has 0 aromatic carbocycles. The first kappa shape index (κ1) is 8.54. The molecule has 1 rings (SSSR count). The minimum absolute atomic E-state index is 0.674. The van der Waals surface area contributed by atoms with Crippen molar-refractivity contribution >= 4 is 0 Å². The van der Waals surface area contributed by atoms with Gasteiger partial charge in [-0.05, 0) is 19.8 Å². The molecule has 1 aliphatic rings. The van der Waals surface area contributed by atoms with Crippen LogP contribution in [0.15, 0.2) is 12.3 Å². The minimum Gasteiger partial charge on any atom is -0.386 e. The van der Waals surface area contributed by atoms with Crippen LogP contribution in [0, 0.1) is 0 Å². The van der Waals surface area contributed by atoms with Gasteiger partial charge in [0.25, 0.3) is 0 Å². The quantitative estimate of drug-likeness (QED) is 0.526. The summed E-state index contributed by atoms with van der Waals surface area (Å²) in [5.41, 5.74) is 1.20. The zero-order valence-electron chi connectivity index (χ0n) is 6.70. The number of hydrogen-bond acceptors (Lipinski definition) is 1. The van der Waals surface area contributed by atoms with Gasteiger partial charge in [0, 0.05) is 11.7 Å². The molecule has 1 unspecified atom stereocenters. The molecule has 0 saturated carbocycles. The Kier molecular flexibility index (Phi) is 4.20. The van der Waals surface area contributed by atoms with Gasteiger partial charge in [0.05, 0.1) is 0 Å². The highest BCUT2D eigenvalue weighted by Crippen LogP contribution is 2.11. The van der Waals surface area contributed by atoms with Gasteiger partial charge in [-0.3, -0.25) is 0 Å². The average molecular weight is 127 g/mol. The maximum absolute atomic E-state index is 3.79. The molecular weight excluding hydrogens is 110 g/mol. The van der Waals surface area contributed by atoms with Crippen molar-refractivity contribution in [2.24, 2.45) is 0 Å². The average Bonchev–Trinajstić information content (AvgIpc) is 2.20. The van der Waals surface area contributed by atoms with Crippen LogP contribution in [-0.4, -0.2) is 6.04 Å². The van der Waals surface area contributed by atoms with E-state index in [0.717, 1.165) is 0 Å². The molecule has 0 spiro atoms. The summed E-state index contributed by atoms with van der Waals surface area (Å²) in [6.45, 7) is 9.97. The standard InChI is InChI=1S/C6H11N.C2H6/c1-5-3-4-6(2)7-5;1-2/h6-7H,1,3-4H2,2H3;1-2H3. The zero-order chi connectivity index (χ0) is 7.28. The Labute approximate surface area is 58.2 Å². The van der Waals surface area contributed by atoms with Crippen molar-refractivity contribution in [1.82, 2.24) is 5.32 Å². The van der Waals surface area contributed by atoms with E-state index in [9.17, 15) is 0 Å². The molecule has 0 bridgehead atoms. The van der Waals surface area contributed by atoms with Gasteiger partial charge in [0.1, 0.15) is 0 Å². The summed E-state index contributed by atoms with van der Waals surface area (Å²) in [6, 6.07) is 0.674. The summed E-state index contributed by atoms with van der Waals surface area (Å²) >= 11 is 0. The van der Waals surface area contributed by atoms with Crippen molar-refractivity contribution in [3.8, 4) is 0 Å². The maximum atomic E-state index is 3.79. The van der Waals surface area contributed by atoms with Crippen molar-refractivity contribution in [2.75, 3.05) is 0 Å². The molecule has 0 amide bonds. The number of allylic oxidation sites excluding steroid dienone is 1. The lowest BCUT2D eigenvalue weighted by atomic mass is 10.2. The number of rotatable bonds is 0. The van der Waals surface area contributed by atoms with E-state index in [-0.39, 0.29) is 0 Å². The third kappa shape index (κ3) is 3.17. The minimum atomic E-state index is 0.674. The molecule has 1 heteroatoms. The van der Waals surface area contributed by atoms with Crippen molar-refractivity contribution in [1.29, 1.82) is 0 Å². The SMILES string of the molecule is C=C1CCC(C)N1.CC. The second-order valence-corrected chi connectivity index (χ2v) is 2.19. The van der Waals surface area contributed by atoms with Gasteiger partial charge in [-0.15, -0.1) is 0 Å². The van der Waals surface area contributed by atoms with Crippen LogP contribution in [0.5, 0.6) is 0 Å². The molecule has 1 saturated heterocycles. The van der Waals surface area contributed by atoms with Gasteiger partial charge < -0.3 is 5.32 Å². The lowest BCUT2D eigenvalue weighted by Gasteiger charge is -1.99. The van der Waals surface area contributed by atoms with E-state index in [1.54, 1.807) is 0 Å². The molecule has 0 radical (unpaired) electrons. The molecule has 0 aromatic rings. The Morgan fingerprint density at radius 2 is 2.11 bits per heavy atom. The molecule has 0 aliphatic carbocycles. The fourth-order valence-electron chi connectivity index (χ4n) is 0.884.